The monoisotopic (exact) mass is 493 g/mol. The van der Waals surface area contributed by atoms with Crippen molar-refractivity contribution in [2.75, 3.05) is 6.54 Å². The maximum absolute atomic E-state index is 13.1. The fourth-order valence-electron chi connectivity index (χ4n) is 4.15. The van der Waals surface area contributed by atoms with Crippen molar-refractivity contribution in [3.05, 3.63) is 94.4 Å². The maximum Gasteiger partial charge on any atom is 0.254 e. The van der Waals surface area contributed by atoms with Gasteiger partial charge in [-0.2, -0.15) is 5.10 Å². The molecule has 0 fully saturated rings. The number of nitrogens with zero attached hydrogens (tertiary/aromatic N) is 4. The Bertz CT molecular complexity index is 1410. The Morgan fingerprint density at radius 2 is 2.00 bits per heavy atom. The van der Waals surface area contributed by atoms with Crippen molar-refractivity contribution in [1.82, 2.24) is 24.4 Å². The maximum atomic E-state index is 13.1. The molecule has 1 N–H and O–H groups in total. The highest BCUT2D eigenvalue weighted by Crippen LogP contribution is 2.26. The van der Waals surface area contributed by atoms with Crippen LogP contribution in [0.3, 0.4) is 0 Å². The molecule has 1 aliphatic rings. The molecule has 0 aliphatic carbocycles. The van der Waals surface area contributed by atoms with Crippen LogP contribution >= 0.6 is 11.3 Å². The van der Waals surface area contributed by atoms with Gasteiger partial charge in [-0.05, 0) is 71.8 Å². The van der Waals surface area contributed by atoms with Crippen molar-refractivity contribution in [2.45, 2.75) is 30.6 Å². The summed E-state index contributed by atoms with van der Waals surface area (Å²) >= 11 is 1.18. The number of pyridine rings is 1. The predicted octanol–water partition coefficient (Wildman–Crippen LogP) is 3.31. The van der Waals surface area contributed by atoms with E-state index in [1.807, 2.05) is 48.4 Å². The minimum Gasteiger partial charge on any atom is -0.334 e. The number of sulfonamides is 1. The SMILES string of the molecule is Cc1ncc2c(c1CNS(=O)(=O)c1cccs1)CCN(C(=O)c1ccc(-n3cccn3)cc1)C2. The van der Waals surface area contributed by atoms with Crippen LogP contribution < -0.4 is 4.72 Å². The molecular weight excluding hydrogens is 470 g/mol. The van der Waals surface area contributed by atoms with Crippen molar-refractivity contribution < 1.29 is 13.2 Å². The summed E-state index contributed by atoms with van der Waals surface area (Å²) in [6, 6.07) is 12.5. The molecule has 0 saturated heterocycles. The number of carbonyl (C=O) groups excluding carboxylic acids is 1. The van der Waals surface area contributed by atoms with Gasteiger partial charge >= 0.3 is 0 Å². The van der Waals surface area contributed by atoms with Gasteiger partial charge in [-0.1, -0.05) is 6.07 Å². The second-order valence-electron chi connectivity index (χ2n) is 8.06. The van der Waals surface area contributed by atoms with E-state index in [4.69, 9.17) is 0 Å². The van der Waals surface area contributed by atoms with E-state index in [9.17, 15) is 13.2 Å². The summed E-state index contributed by atoms with van der Waals surface area (Å²) in [6.45, 7) is 3.05. The first-order valence-corrected chi connectivity index (χ1v) is 13.2. The molecular formula is C24H23N5O3S2. The number of aryl methyl sites for hydroxylation is 1. The summed E-state index contributed by atoms with van der Waals surface area (Å²) in [5.74, 6) is -0.0433. The van der Waals surface area contributed by atoms with Crippen LogP contribution in [-0.2, 0) is 29.5 Å². The van der Waals surface area contributed by atoms with E-state index in [0.717, 1.165) is 28.1 Å². The summed E-state index contributed by atoms with van der Waals surface area (Å²) in [4.78, 5) is 19.4. The van der Waals surface area contributed by atoms with Crippen molar-refractivity contribution in [1.29, 1.82) is 0 Å². The Balaban J connectivity index is 1.32. The average Bonchev–Trinajstić information content (AvgIpc) is 3.58. The first-order valence-electron chi connectivity index (χ1n) is 10.8. The molecule has 0 spiro atoms. The van der Waals surface area contributed by atoms with Gasteiger partial charge in [-0.25, -0.2) is 17.8 Å². The Hall–Kier alpha value is -3.34. The topological polar surface area (TPSA) is 97.2 Å². The standard InChI is InChI=1S/C24H23N5O3S2/c1-17-22(15-27-34(31,32)23-4-2-13-33-23)21-9-12-28(16-19(21)14-25-17)24(30)18-5-7-20(8-6-18)29-11-3-10-26-29/h2-8,10-11,13-14,27H,9,12,15-16H2,1H3. The van der Waals surface area contributed by atoms with Gasteiger partial charge in [0.05, 0.1) is 5.69 Å². The van der Waals surface area contributed by atoms with Crippen LogP contribution in [0.5, 0.6) is 0 Å². The van der Waals surface area contributed by atoms with Gasteiger partial charge in [-0.3, -0.25) is 9.78 Å². The fraction of sp³-hybridized carbons (Fsp3) is 0.208. The van der Waals surface area contributed by atoms with Crippen LogP contribution in [0.1, 0.15) is 32.7 Å². The van der Waals surface area contributed by atoms with Crippen LogP contribution in [0.4, 0.5) is 0 Å². The zero-order valence-electron chi connectivity index (χ0n) is 18.5. The number of aromatic nitrogens is 3. The molecule has 174 valence electrons. The van der Waals surface area contributed by atoms with Crippen molar-refractivity contribution >= 4 is 27.3 Å². The second kappa shape index (κ2) is 9.13. The highest BCUT2D eigenvalue weighted by Gasteiger charge is 2.25. The Labute approximate surface area is 201 Å². The highest BCUT2D eigenvalue weighted by molar-refractivity contribution is 7.91. The lowest BCUT2D eigenvalue weighted by atomic mass is 9.94. The van der Waals surface area contributed by atoms with Crippen molar-refractivity contribution in [3.63, 3.8) is 0 Å². The van der Waals surface area contributed by atoms with E-state index in [-0.39, 0.29) is 12.5 Å². The zero-order chi connectivity index (χ0) is 23.7. The largest absolute Gasteiger partial charge is 0.334 e. The van der Waals surface area contributed by atoms with Gasteiger partial charge in [0.25, 0.3) is 5.91 Å². The lowest BCUT2D eigenvalue weighted by Gasteiger charge is -2.30. The van der Waals surface area contributed by atoms with E-state index in [2.05, 4.69) is 14.8 Å². The average molecular weight is 494 g/mol. The quantitative estimate of drug-likeness (QED) is 0.445. The number of rotatable bonds is 6. The number of hydrogen-bond donors (Lipinski definition) is 1. The fourth-order valence-corrected chi connectivity index (χ4v) is 6.18. The third-order valence-corrected chi connectivity index (χ3v) is 8.76. The number of hydrogen-bond acceptors (Lipinski definition) is 6. The lowest BCUT2D eigenvalue weighted by Crippen LogP contribution is -2.37. The molecule has 4 aromatic rings. The first-order chi connectivity index (χ1) is 16.4. The van der Waals surface area contributed by atoms with E-state index in [1.54, 1.807) is 34.6 Å². The van der Waals surface area contributed by atoms with Gasteiger partial charge in [0, 0.05) is 49.5 Å². The van der Waals surface area contributed by atoms with Crippen molar-refractivity contribution in [3.8, 4) is 5.69 Å². The molecule has 0 bridgehead atoms. The molecule has 8 nitrogen and oxygen atoms in total. The highest BCUT2D eigenvalue weighted by atomic mass is 32.2. The minimum atomic E-state index is -3.57. The van der Waals surface area contributed by atoms with E-state index >= 15 is 0 Å². The van der Waals surface area contributed by atoms with E-state index in [1.165, 1.54) is 11.3 Å². The third kappa shape index (κ3) is 4.39. The number of fused-ring (bicyclic) bond motifs is 1. The second-order valence-corrected chi connectivity index (χ2v) is 11.0. The zero-order valence-corrected chi connectivity index (χ0v) is 20.1. The lowest BCUT2D eigenvalue weighted by molar-refractivity contribution is 0.0734. The Kier molecular flexibility index (Phi) is 6.03. The minimum absolute atomic E-state index is 0.0433. The van der Waals surface area contributed by atoms with Gasteiger partial charge in [0.15, 0.2) is 0 Å². The first kappa shape index (κ1) is 22.5. The van der Waals surface area contributed by atoms with Crippen molar-refractivity contribution in [2.24, 2.45) is 0 Å². The third-order valence-electron chi connectivity index (χ3n) is 5.96. The van der Waals surface area contributed by atoms with Gasteiger partial charge in [0.2, 0.25) is 10.0 Å². The van der Waals surface area contributed by atoms with E-state index < -0.39 is 10.0 Å². The van der Waals surface area contributed by atoms with Crippen LogP contribution in [0, 0.1) is 6.92 Å². The smallest absolute Gasteiger partial charge is 0.254 e. The molecule has 0 saturated carbocycles. The molecule has 3 aromatic heterocycles. The molecule has 1 aromatic carbocycles. The number of amides is 1. The number of benzene rings is 1. The molecule has 34 heavy (non-hydrogen) atoms. The normalized spacial score (nSPS) is 13.6. The molecule has 5 rings (SSSR count). The molecule has 4 heterocycles. The number of thiophene rings is 1. The molecule has 10 heteroatoms. The number of nitrogens with one attached hydrogen (secondary N) is 1. The summed E-state index contributed by atoms with van der Waals surface area (Å²) in [6.07, 6.45) is 6.00. The predicted molar refractivity (Wildman–Crippen MR) is 129 cm³/mol. The molecule has 0 radical (unpaired) electrons. The van der Waals surface area contributed by atoms with Gasteiger partial charge in [0.1, 0.15) is 4.21 Å². The molecule has 0 unspecified atom stereocenters. The van der Waals surface area contributed by atoms with Gasteiger partial charge in [-0.15, -0.1) is 11.3 Å². The number of carbonyl (C=O) groups is 1. The van der Waals surface area contributed by atoms with E-state index in [0.29, 0.717) is 29.3 Å². The molecule has 1 aliphatic heterocycles. The summed E-state index contributed by atoms with van der Waals surface area (Å²) in [5, 5.41) is 5.95. The van der Waals surface area contributed by atoms with Crippen LogP contribution in [0.2, 0.25) is 0 Å². The van der Waals surface area contributed by atoms with Crippen LogP contribution in [0.15, 0.2) is 70.6 Å². The Morgan fingerprint density at radius 3 is 2.71 bits per heavy atom. The van der Waals surface area contributed by atoms with Crippen LogP contribution in [-0.4, -0.2) is 40.5 Å². The summed E-state index contributed by atoms with van der Waals surface area (Å²) in [7, 11) is -3.57. The molecule has 0 atom stereocenters. The summed E-state index contributed by atoms with van der Waals surface area (Å²) in [5.41, 5.74) is 5.20. The van der Waals surface area contributed by atoms with Crippen LogP contribution in [0.25, 0.3) is 5.69 Å². The Morgan fingerprint density at radius 1 is 1.18 bits per heavy atom. The van der Waals surface area contributed by atoms with Gasteiger partial charge < -0.3 is 4.90 Å². The molecule has 1 amide bonds. The summed E-state index contributed by atoms with van der Waals surface area (Å²) < 4.78 is 29.9.